The first-order valence-corrected chi connectivity index (χ1v) is 6.30. The van der Waals surface area contributed by atoms with E-state index in [1.165, 1.54) is 11.3 Å². The SMILES string of the molecule is CCCCNC(=O)COC(=O)c1sccc1N. The average Bonchev–Trinajstić information content (AvgIpc) is 2.73. The molecule has 1 rings (SSSR count). The third-order valence-corrected chi connectivity index (χ3v) is 2.98. The number of thiophene rings is 1. The summed E-state index contributed by atoms with van der Waals surface area (Å²) in [6, 6.07) is 1.63. The minimum absolute atomic E-state index is 0.264. The highest BCUT2D eigenvalue weighted by Gasteiger charge is 2.14. The maximum Gasteiger partial charge on any atom is 0.350 e. The second-order valence-electron chi connectivity index (χ2n) is 3.48. The number of esters is 1. The Balaban J connectivity index is 2.29. The summed E-state index contributed by atoms with van der Waals surface area (Å²) in [5, 5.41) is 4.36. The summed E-state index contributed by atoms with van der Waals surface area (Å²) >= 11 is 1.20. The molecule has 1 amide bonds. The van der Waals surface area contributed by atoms with Crippen LogP contribution < -0.4 is 11.1 Å². The van der Waals surface area contributed by atoms with E-state index < -0.39 is 5.97 Å². The van der Waals surface area contributed by atoms with Gasteiger partial charge in [0.2, 0.25) is 0 Å². The van der Waals surface area contributed by atoms with Crippen molar-refractivity contribution >= 4 is 28.9 Å². The Bertz CT molecular complexity index is 390. The molecule has 5 nitrogen and oxygen atoms in total. The van der Waals surface area contributed by atoms with Gasteiger partial charge in [-0.15, -0.1) is 11.3 Å². The molecule has 0 unspecified atom stereocenters. The van der Waals surface area contributed by atoms with E-state index in [1.807, 2.05) is 6.92 Å². The van der Waals surface area contributed by atoms with E-state index in [0.717, 1.165) is 12.8 Å². The zero-order valence-electron chi connectivity index (χ0n) is 9.69. The lowest BCUT2D eigenvalue weighted by atomic mass is 10.3. The van der Waals surface area contributed by atoms with Gasteiger partial charge < -0.3 is 15.8 Å². The molecule has 0 radical (unpaired) electrons. The van der Waals surface area contributed by atoms with E-state index in [1.54, 1.807) is 11.4 Å². The van der Waals surface area contributed by atoms with E-state index in [0.29, 0.717) is 17.1 Å². The van der Waals surface area contributed by atoms with Crippen LogP contribution in [0.5, 0.6) is 0 Å². The lowest BCUT2D eigenvalue weighted by molar-refractivity contribution is -0.124. The minimum atomic E-state index is -0.553. The smallest absolute Gasteiger partial charge is 0.350 e. The lowest BCUT2D eigenvalue weighted by Crippen LogP contribution is -2.29. The fourth-order valence-electron chi connectivity index (χ4n) is 1.14. The van der Waals surface area contributed by atoms with Crippen molar-refractivity contribution in [3.63, 3.8) is 0 Å². The molecule has 1 heterocycles. The molecule has 0 saturated carbocycles. The fourth-order valence-corrected chi connectivity index (χ4v) is 1.85. The summed E-state index contributed by atoms with van der Waals surface area (Å²) in [5.41, 5.74) is 5.94. The van der Waals surface area contributed by atoms with Gasteiger partial charge in [-0.3, -0.25) is 4.79 Å². The van der Waals surface area contributed by atoms with Crippen LogP contribution in [0, 0.1) is 0 Å². The Morgan fingerprint density at radius 2 is 2.29 bits per heavy atom. The van der Waals surface area contributed by atoms with Crippen LogP contribution in [-0.4, -0.2) is 25.0 Å². The normalized spacial score (nSPS) is 9.94. The van der Waals surface area contributed by atoms with E-state index in [2.05, 4.69) is 5.32 Å². The van der Waals surface area contributed by atoms with Crippen LogP contribution in [0.1, 0.15) is 29.4 Å². The van der Waals surface area contributed by atoms with Gasteiger partial charge in [0.1, 0.15) is 4.88 Å². The first kappa shape index (κ1) is 13.5. The molecule has 3 N–H and O–H groups in total. The van der Waals surface area contributed by atoms with Crippen LogP contribution >= 0.6 is 11.3 Å². The van der Waals surface area contributed by atoms with Gasteiger partial charge in [-0.2, -0.15) is 0 Å². The minimum Gasteiger partial charge on any atom is -0.451 e. The summed E-state index contributed by atoms with van der Waals surface area (Å²) in [6.07, 6.45) is 1.92. The molecule has 17 heavy (non-hydrogen) atoms. The molecule has 1 aromatic rings. The molecule has 0 spiro atoms. The third-order valence-electron chi connectivity index (χ3n) is 2.07. The fraction of sp³-hybridized carbons (Fsp3) is 0.455. The van der Waals surface area contributed by atoms with Crippen molar-refractivity contribution in [3.8, 4) is 0 Å². The second kappa shape index (κ2) is 6.90. The van der Waals surface area contributed by atoms with Crippen molar-refractivity contribution in [1.29, 1.82) is 0 Å². The van der Waals surface area contributed by atoms with Gasteiger partial charge in [0.25, 0.3) is 5.91 Å². The average molecular weight is 256 g/mol. The van der Waals surface area contributed by atoms with Gasteiger partial charge in [-0.1, -0.05) is 13.3 Å². The molecule has 0 fully saturated rings. The predicted octanol–water partition coefficient (Wildman–Crippen LogP) is 1.40. The van der Waals surface area contributed by atoms with Gasteiger partial charge in [-0.05, 0) is 17.9 Å². The molecule has 6 heteroatoms. The standard InChI is InChI=1S/C11H16N2O3S/c1-2-3-5-13-9(14)7-16-11(15)10-8(12)4-6-17-10/h4,6H,2-3,5,7,12H2,1H3,(H,13,14). The van der Waals surface area contributed by atoms with E-state index >= 15 is 0 Å². The number of hydrogen-bond acceptors (Lipinski definition) is 5. The molecule has 0 saturated heterocycles. The quantitative estimate of drug-likeness (QED) is 0.595. The summed E-state index contributed by atoms with van der Waals surface area (Å²) < 4.78 is 4.84. The number of unbranched alkanes of at least 4 members (excludes halogenated alkanes) is 1. The van der Waals surface area contributed by atoms with E-state index in [9.17, 15) is 9.59 Å². The number of nitrogen functional groups attached to an aromatic ring is 1. The van der Waals surface area contributed by atoms with Crippen LogP contribution in [0.4, 0.5) is 5.69 Å². The number of anilines is 1. The number of hydrogen-bond donors (Lipinski definition) is 2. The van der Waals surface area contributed by atoms with Crippen LogP contribution in [0.15, 0.2) is 11.4 Å². The van der Waals surface area contributed by atoms with Crippen molar-refractivity contribution in [2.24, 2.45) is 0 Å². The molecule has 0 bridgehead atoms. The Morgan fingerprint density at radius 1 is 1.53 bits per heavy atom. The van der Waals surface area contributed by atoms with Gasteiger partial charge in [0.15, 0.2) is 6.61 Å². The maximum atomic E-state index is 11.5. The zero-order valence-corrected chi connectivity index (χ0v) is 10.5. The second-order valence-corrected chi connectivity index (χ2v) is 4.40. The van der Waals surface area contributed by atoms with Crippen molar-refractivity contribution in [2.75, 3.05) is 18.9 Å². The van der Waals surface area contributed by atoms with Crippen LogP contribution in [0.2, 0.25) is 0 Å². The highest BCUT2D eigenvalue weighted by Crippen LogP contribution is 2.19. The maximum absolute atomic E-state index is 11.5. The number of rotatable bonds is 6. The summed E-state index contributed by atoms with van der Waals surface area (Å²) in [7, 11) is 0. The molecular formula is C11H16N2O3S. The van der Waals surface area contributed by atoms with Gasteiger partial charge >= 0.3 is 5.97 Å². The number of ether oxygens (including phenoxy) is 1. The highest BCUT2D eigenvalue weighted by atomic mass is 32.1. The lowest BCUT2D eigenvalue weighted by Gasteiger charge is -2.05. The Hall–Kier alpha value is -1.56. The van der Waals surface area contributed by atoms with Crippen molar-refractivity contribution in [3.05, 3.63) is 16.3 Å². The molecule has 0 aliphatic rings. The molecule has 94 valence electrons. The number of carbonyl (C=O) groups is 2. The number of carbonyl (C=O) groups excluding carboxylic acids is 2. The Kier molecular flexibility index (Phi) is 5.48. The van der Waals surface area contributed by atoms with Crippen molar-refractivity contribution < 1.29 is 14.3 Å². The van der Waals surface area contributed by atoms with Crippen molar-refractivity contribution in [1.82, 2.24) is 5.32 Å². The molecule has 0 aliphatic heterocycles. The molecule has 1 aromatic heterocycles. The van der Waals surface area contributed by atoms with Crippen LogP contribution in [-0.2, 0) is 9.53 Å². The van der Waals surface area contributed by atoms with Gasteiger partial charge in [-0.25, -0.2) is 4.79 Å². The summed E-state index contributed by atoms with van der Waals surface area (Å²) in [4.78, 5) is 23.1. The van der Waals surface area contributed by atoms with E-state index in [-0.39, 0.29) is 12.5 Å². The van der Waals surface area contributed by atoms with Crippen molar-refractivity contribution in [2.45, 2.75) is 19.8 Å². The molecule has 0 atom stereocenters. The Labute approximate surface area is 104 Å². The highest BCUT2D eigenvalue weighted by molar-refractivity contribution is 7.12. The molecular weight excluding hydrogens is 240 g/mol. The van der Waals surface area contributed by atoms with Gasteiger partial charge in [0, 0.05) is 6.54 Å². The van der Waals surface area contributed by atoms with Crippen LogP contribution in [0.3, 0.4) is 0 Å². The zero-order chi connectivity index (χ0) is 12.7. The summed E-state index contributed by atoms with van der Waals surface area (Å²) in [5.74, 6) is -0.843. The first-order chi connectivity index (χ1) is 8.15. The van der Waals surface area contributed by atoms with Gasteiger partial charge in [0.05, 0.1) is 5.69 Å². The largest absolute Gasteiger partial charge is 0.451 e. The predicted molar refractivity (Wildman–Crippen MR) is 66.9 cm³/mol. The monoisotopic (exact) mass is 256 g/mol. The first-order valence-electron chi connectivity index (χ1n) is 5.42. The summed E-state index contributed by atoms with van der Waals surface area (Å²) in [6.45, 7) is 2.37. The topological polar surface area (TPSA) is 81.4 Å². The number of nitrogens with one attached hydrogen (secondary N) is 1. The van der Waals surface area contributed by atoms with Crippen LogP contribution in [0.25, 0.3) is 0 Å². The molecule has 0 aliphatic carbocycles. The number of amides is 1. The third kappa shape index (κ3) is 4.44. The van der Waals surface area contributed by atoms with E-state index in [4.69, 9.17) is 10.5 Å². The number of nitrogens with two attached hydrogens (primary N) is 1. The Morgan fingerprint density at radius 3 is 2.88 bits per heavy atom. The molecule has 0 aromatic carbocycles.